The highest BCUT2D eigenvalue weighted by Crippen LogP contribution is 2.05. The topological polar surface area (TPSA) is 93.8 Å². The van der Waals surface area contributed by atoms with Crippen LogP contribution in [0.2, 0.25) is 0 Å². The SMILES string of the molecule is CC(C)(C)OC(=O)NC(N)=NCCCC=O. The highest BCUT2D eigenvalue weighted by molar-refractivity contribution is 5.92. The zero-order valence-corrected chi connectivity index (χ0v) is 9.95. The van der Waals surface area contributed by atoms with E-state index in [-0.39, 0.29) is 5.96 Å². The summed E-state index contributed by atoms with van der Waals surface area (Å²) >= 11 is 0. The van der Waals surface area contributed by atoms with Gasteiger partial charge in [-0.15, -0.1) is 0 Å². The minimum atomic E-state index is -0.635. The van der Waals surface area contributed by atoms with Crippen LogP contribution in [-0.2, 0) is 9.53 Å². The van der Waals surface area contributed by atoms with Gasteiger partial charge in [-0.1, -0.05) is 0 Å². The van der Waals surface area contributed by atoms with Crippen molar-refractivity contribution < 1.29 is 14.3 Å². The van der Waals surface area contributed by atoms with Crippen molar-refractivity contribution in [3.05, 3.63) is 0 Å². The van der Waals surface area contributed by atoms with E-state index in [0.717, 1.165) is 6.29 Å². The van der Waals surface area contributed by atoms with Gasteiger partial charge in [-0.05, 0) is 27.2 Å². The number of aldehydes is 1. The number of hydrogen-bond acceptors (Lipinski definition) is 4. The molecule has 0 aliphatic carbocycles. The number of nitrogens with zero attached hydrogens (tertiary/aromatic N) is 1. The molecule has 6 nitrogen and oxygen atoms in total. The third-order valence-electron chi connectivity index (χ3n) is 1.39. The molecule has 0 atom stereocenters. The number of unbranched alkanes of at least 4 members (excludes halogenated alkanes) is 1. The van der Waals surface area contributed by atoms with Crippen LogP contribution in [-0.4, -0.2) is 30.5 Å². The number of alkyl carbamates (subject to hydrolysis) is 1. The second kappa shape index (κ2) is 6.81. The average Bonchev–Trinajstić information content (AvgIpc) is 2.09. The van der Waals surface area contributed by atoms with Crippen LogP contribution >= 0.6 is 0 Å². The number of nitrogens with one attached hydrogen (secondary N) is 1. The fourth-order valence-corrected chi connectivity index (χ4v) is 0.822. The normalized spacial score (nSPS) is 12.1. The zero-order chi connectivity index (χ0) is 12.6. The number of aliphatic imine (C=N–C) groups is 1. The number of hydrogen-bond donors (Lipinski definition) is 2. The van der Waals surface area contributed by atoms with Crippen LogP contribution in [0.15, 0.2) is 4.99 Å². The maximum absolute atomic E-state index is 11.2. The maximum atomic E-state index is 11.2. The summed E-state index contributed by atoms with van der Waals surface area (Å²) in [4.78, 5) is 25.1. The summed E-state index contributed by atoms with van der Waals surface area (Å²) < 4.78 is 4.97. The van der Waals surface area contributed by atoms with Crippen LogP contribution in [0.3, 0.4) is 0 Å². The van der Waals surface area contributed by atoms with Crippen LogP contribution in [0.5, 0.6) is 0 Å². The van der Waals surface area contributed by atoms with Crippen LogP contribution in [0.1, 0.15) is 33.6 Å². The van der Waals surface area contributed by atoms with Crippen molar-refractivity contribution in [2.75, 3.05) is 6.54 Å². The average molecular weight is 229 g/mol. The summed E-state index contributed by atoms with van der Waals surface area (Å²) in [6.45, 7) is 5.67. The minimum absolute atomic E-state index is 0.000138. The molecule has 0 radical (unpaired) electrons. The molecule has 1 amide bonds. The van der Waals surface area contributed by atoms with Gasteiger partial charge in [0, 0.05) is 13.0 Å². The summed E-state index contributed by atoms with van der Waals surface area (Å²) in [6.07, 6.45) is 1.22. The molecule has 0 aromatic carbocycles. The van der Waals surface area contributed by atoms with E-state index in [1.54, 1.807) is 20.8 Å². The minimum Gasteiger partial charge on any atom is -0.444 e. The Kier molecular flexibility index (Phi) is 6.14. The Morgan fingerprint density at radius 3 is 2.62 bits per heavy atom. The molecule has 0 spiro atoms. The van der Waals surface area contributed by atoms with E-state index in [2.05, 4.69) is 10.3 Å². The number of amides is 1. The molecule has 0 aliphatic heterocycles. The first kappa shape index (κ1) is 14.4. The van der Waals surface area contributed by atoms with Gasteiger partial charge in [0.05, 0.1) is 0 Å². The Bertz CT molecular complexity index is 269. The molecule has 0 rings (SSSR count). The first-order valence-corrected chi connectivity index (χ1v) is 5.08. The van der Waals surface area contributed by atoms with E-state index in [0.29, 0.717) is 19.4 Å². The van der Waals surface area contributed by atoms with Crippen molar-refractivity contribution in [1.29, 1.82) is 0 Å². The summed E-state index contributed by atoms with van der Waals surface area (Å²) in [5.74, 6) is 0.000138. The molecule has 0 fully saturated rings. The summed E-state index contributed by atoms with van der Waals surface area (Å²) in [7, 11) is 0. The molecule has 6 heteroatoms. The largest absolute Gasteiger partial charge is 0.444 e. The Hall–Kier alpha value is -1.59. The molecule has 0 bridgehead atoms. The second-order valence-corrected chi connectivity index (χ2v) is 4.20. The molecule has 0 heterocycles. The summed E-state index contributed by atoms with van der Waals surface area (Å²) in [6, 6.07) is 0. The third-order valence-corrected chi connectivity index (χ3v) is 1.39. The first-order valence-electron chi connectivity index (χ1n) is 5.08. The van der Waals surface area contributed by atoms with Gasteiger partial charge >= 0.3 is 6.09 Å². The molecule has 0 saturated carbocycles. The number of nitrogens with two attached hydrogens (primary N) is 1. The molecule has 0 saturated heterocycles. The lowest BCUT2D eigenvalue weighted by molar-refractivity contribution is -0.107. The lowest BCUT2D eigenvalue weighted by atomic mass is 10.2. The highest BCUT2D eigenvalue weighted by Gasteiger charge is 2.16. The van der Waals surface area contributed by atoms with Crippen LogP contribution in [0, 0.1) is 0 Å². The fraction of sp³-hybridized carbons (Fsp3) is 0.700. The van der Waals surface area contributed by atoms with Gasteiger partial charge in [0.1, 0.15) is 11.9 Å². The smallest absolute Gasteiger partial charge is 0.414 e. The van der Waals surface area contributed by atoms with Crippen molar-refractivity contribution in [3.8, 4) is 0 Å². The Morgan fingerprint density at radius 2 is 2.12 bits per heavy atom. The van der Waals surface area contributed by atoms with Gasteiger partial charge in [0.15, 0.2) is 5.96 Å². The molecular weight excluding hydrogens is 210 g/mol. The third kappa shape index (κ3) is 8.98. The summed E-state index contributed by atoms with van der Waals surface area (Å²) in [5, 5.41) is 2.29. The lowest BCUT2D eigenvalue weighted by Gasteiger charge is -2.19. The number of carbonyl (C=O) groups is 2. The van der Waals surface area contributed by atoms with Crippen LogP contribution < -0.4 is 11.1 Å². The quantitative estimate of drug-likeness (QED) is 0.323. The molecule has 0 aliphatic rings. The van der Waals surface area contributed by atoms with Gasteiger partial charge < -0.3 is 15.3 Å². The van der Waals surface area contributed by atoms with Crippen molar-refractivity contribution >= 4 is 18.3 Å². The van der Waals surface area contributed by atoms with Gasteiger partial charge in [-0.3, -0.25) is 10.3 Å². The standard InChI is InChI=1S/C10H19N3O3/c1-10(2,3)16-9(15)13-8(11)12-6-4-5-7-14/h7H,4-6H2,1-3H3,(H3,11,12,13,15). The predicted octanol–water partition coefficient (Wildman–Crippen LogP) is 0.805. The predicted molar refractivity (Wildman–Crippen MR) is 61.2 cm³/mol. The molecular formula is C10H19N3O3. The van der Waals surface area contributed by atoms with Gasteiger partial charge in [0.2, 0.25) is 0 Å². The fourth-order valence-electron chi connectivity index (χ4n) is 0.822. The van der Waals surface area contributed by atoms with Crippen molar-refractivity contribution in [3.63, 3.8) is 0 Å². The van der Waals surface area contributed by atoms with E-state index >= 15 is 0 Å². The zero-order valence-electron chi connectivity index (χ0n) is 9.95. The van der Waals surface area contributed by atoms with E-state index in [1.165, 1.54) is 0 Å². The van der Waals surface area contributed by atoms with E-state index in [1.807, 2.05) is 0 Å². The highest BCUT2D eigenvalue weighted by atomic mass is 16.6. The second-order valence-electron chi connectivity index (χ2n) is 4.20. The van der Waals surface area contributed by atoms with E-state index in [4.69, 9.17) is 10.5 Å². The van der Waals surface area contributed by atoms with Crippen LogP contribution in [0.4, 0.5) is 4.79 Å². The number of carbonyl (C=O) groups excluding carboxylic acids is 2. The maximum Gasteiger partial charge on any atom is 0.414 e. The van der Waals surface area contributed by atoms with Crippen molar-refractivity contribution in [2.45, 2.75) is 39.2 Å². The molecule has 0 unspecified atom stereocenters. The molecule has 92 valence electrons. The Balaban J connectivity index is 3.89. The lowest BCUT2D eigenvalue weighted by Crippen LogP contribution is -2.40. The molecule has 16 heavy (non-hydrogen) atoms. The van der Waals surface area contributed by atoms with Crippen molar-refractivity contribution in [2.24, 2.45) is 10.7 Å². The van der Waals surface area contributed by atoms with Gasteiger partial charge in [-0.2, -0.15) is 0 Å². The van der Waals surface area contributed by atoms with E-state index in [9.17, 15) is 9.59 Å². The number of ether oxygens (including phenoxy) is 1. The first-order chi connectivity index (χ1) is 7.35. The van der Waals surface area contributed by atoms with Crippen LogP contribution in [0.25, 0.3) is 0 Å². The molecule has 0 aromatic rings. The van der Waals surface area contributed by atoms with Crippen molar-refractivity contribution in [1.82, 2.24) is 5.32 Å². The Labute approximate surface area is 95.2 Å². The monoisotopic (exact) mass is 229 g/mol. The Morgan fingerprint density at radius 1 is 1.50 bits per heavy atom. The van der Waals surface area contributed by atoms with Gasteiger partial charge in [0.25, 0.3) is 0 Å². The van der Waals surface area contributed by atoms with E-state index < -0.39 is 11.7 Å². The molecule has 0 aromatic heterocycles. The number of rotatable bonds is 4. The summed E-state index contributed by atoms with van der Waals surface area (Å²) in [5.41, 5.74) is 4.86. The molecule has 3 N–H and O–H groups in total. The van der Waals surface area contributed by atoms with Gasteiger partial charge in [-0.25, -0.2) is 4.79 Å². The number of guanidine groups is 1.